The van der Waals surface area contributed by atoms with Gasteiger partial charge in [-0.1, -0.05) is 0 Å². The Hall–Kier alpha value is -0.440. The van der Waals surface area contributed by atoms with Gasteiger partial charge in [0.05, 0.1) is 7.57 Å². The molecule has 0 bridgehead atoms. The van der Waals surface area contributed by atoms with Crippen LogP contribution in [0.3, 0.4) is 0 Å². The van der Waals surface area contributed by atoms with E-state index in [1.807, 2.05) is 0 Å². The molecular weight excluding hydrogens is 418 g/mol. The molecule has 0 aromatic carbocycles. The first-order valence-corrected chi connectivity index (χ1v) is 9.47. The molecule has 2 atom stereocenters. The molecule has 2 aromatic rings. The monoisotopic (exact) mass is 431 g/mol. The lowest BCUT2D eigenvalue weighted by molar-refractivity contribution is 0.381. The lowest BCUT2D eigenvalue weighted by Crippen LogP contribution is -2.45. The summed E-state index contributed by atoms with van der Waals surface area (Å²) < 4.78 is 2.15. The molecule has 0 amide bonds. The van der Waals surface area contributed by atoms with Crippen LogP contribution in [0.2, 0.25) is 0 Å². The van der Waals surface area contributed by atoms with Crippen molar-refractivity contribution >= 4 is 49.1 Å². The Morgan fingerprint density at radius 3 is 3.05 bits per heavy atom. The van der Waals surface area contributed by atoms with Crippen molar-refractivity contribution in [3.63, 3.8) is 0 Å². The number of halogens is 2. The van der Waals surface area contributed by atoms with E-state index in [0.29, 0.717) is 6.04 Å². The van der Waals surface area contributed by atoms with Crippen LogP contribution in [0.15, 0.2) is 13.6 Å². The Morgan fingerprint density at radius 1 is 1.33 bits per heavy atom. The van der Waals surface area contributed by atoms with Crippen molar-refractivity contribution in [3.8, 4) is 11.4 Å². The second-order valence-corrected chi connectivity index (χ2v) is 9.29. The van der Waals surface area contributed by atoms with E-state index in [1.54, 1.807) is 11.3 Å². The van der Waals surface area contributed by atoms with Crippen molar-refractivity contribution in [2.24, 2.45) is 5.92 Å². The first-order valence-electron chi connectivity index (χ1n) is 7.07. The van der Waals surface area contributed by atoms with E-state index in [1.165, 1.54) is 12.8 Å². The Labute approximate surface area is 143 Å². The van der Waals surface area contributed by atoms with Crippen molar-refractivity contribution in [2.75, 3.05) is 24.5 Å². The van der Waals surface area contributed by atoms with Gasteiger partial charge < -0.3 is 10.2 Å². The van der Waals surface area contributed by atoms with E-state index in [9.17, 15) is 0 Å². The van der Waals surface area contributed by atoms with E-state index >= 15 is 0 Å². The van der Waals surface area contributed by atoms with Gasteiger partial charge in [0.25, 0.3) is 0 Å². The molecule has 2 aliphatic rings. The molecule has 8 heteroatoms. The number of aromatic amines is 1. The molecule has 0 saturated carbocycles. The predicted molar refractivity (Wildman–Crippen MR) is 91.8 cm³/mol. The van der Waals surface area contributed by atoms with Crippen LogP contribution in [0, 0.1) is 5.92 Å². The van der Waals surface area contributed by atoms with Gasteiger partial charge in [-0.3, -0.25) is 5.10 Å². The number of thiophene rings is 1. The molecule has 2 aromatic heterocycles. The minimum absolute atomic E-state index is 0.542. The van der Waals surface area contributed by atoms with Crippen molar-refractivity contribution in [3.05, 3.63) is 13.6 Å². The van der Waals surface area contributed by atoms with Gasteiger partial charge in [0.1, 0.15) is 0 Å². The van der Waals surface area contributed by atoms with Crippen molar-refractivity contribution in [2.45, 2.75) is 18.9 Å². The van der Waals surface area contributed by atoms with Gasteiger partial charge >= 0.3 is 0 Å². The number of anilines is 1. The zero-order chi connectivity index (χ0) is 14.4. The molecule has 4 rings (SSSR count). The number of nitrogens with one attached hydrogen (secondary N) is 2. The molecule has 2 saturated heterocycles. The molecule has 21 heavy (non-hydrogen) atoms. The Kier molecular flexibility index (Phi) is 3.81. The average Bonchev–Trinajstić information content (AvgIpc) is 3.17. The Bertz CT molecular complexity index is 655. The van der Waals surface area contributed by atoms with E-state index in [0.717, 1.165) is 50.5 Å². The fourth-order valence-electron chi connectivity index (χ4n) is 3.32. The number of hydrogen-bond donors (Lipinski definition) is 2. The number of H-pyrrole nitrogens is 1. The zero-order valence-electron chi connectivity index (χ0n) is 11.3. The number of rotatable bonds is 2. The molecule has 2 unspecified atom stereocenters. The lowest BCUT2D eigenvalue weighted by atomic mass is 9.92. The first-order chi connectivity index (χ1) is 10.2. The molecule has 2 N–H and O–H groups in total. The smallest absolute Gasteiger partial charge is 0.245 e. The highest BCUT2D eigenvalue weighted by atomic mass is 79.9. The van der Waals surface area contributed by atoms with Gasteiger partial charge in [0, 0.05) is 31.2 Å². The van der Waals surface area contributed by atoms with E-state index < -0.39 is 0 Å². The normalized spacial score (nSPS) is 25.3. The molecule has 112 valence electrons. The third kappa shape index (κ3) is 2.56. The van der Waals surface area contributed by atoms with Crippen LogP contribution < -0.4 is 10.2 Å². The van der Waals surface area contributed by atoms with Crippen LogP contribution in [-0.2, 0) is 0 Å². The molecule has 2 fully saturated rings. The maximum atomic E-state index is 4.73. The summed E-state index contributed by atoms with van der Waals surface area (Å²) in [7, 11) is 0. The lowest BCUT2D eigenvalue weighted by Gasteiger charge is -2.36. The number of nitrogens with zero attached hydrogens (tertiary/aromatic N) is 3. The van der Waals surface area contributed by atoms with Crippen LogP contribution >= 0.6 is 43.2 Å². The van der Waals surface area contributed by atoms with Crippen LogP contribution in [0.5, 0.6) is 0 Å². The topological polar surface area (TPSA) is 56.8 Å². The third-order valence-corrected chi connectivity index (χ3v) is 6.66. The Morgan fingerprint density at radius 2 is 2.24 bits per heavy atom. The highest BCUT2D eigenvalue weighted by Gasteiger charge is 2.36. The molecule has 5 nitrogen and oxygen atoms in total. The summed E-state index contributed by atoms with van der Waals surface area (Å²) >= 11 is 8.74. The fourth-order valence-corrected chi connectivity index (χ4v) is 6.13. The van der Waals surface area contributed by atoms with E-state index in [-0.39, 0.29) is 0 Å². The summed E-state index contributed by atoms with van der Waals surface area (Å²) in [6.45, 7) is 3.22. The van der Waals surface area contributed by atoms with Crippen LogP contribution in [0.4, 0.5) is 5.95 Å². The summed E-state index contributed by atoms with van der Waals surface area (Å²) in [6.07, 6.45) is 2.54. The second kappa shape index (κ2) is 5.64. The van der Waals surface area contributed by atoms with Crippen LogP contribution in [-0.4, -0.2) is 40.9 Å². The summed E-state index contributed by atoms with van der Waals surface area (Å²) in [5.41, 5.74) is 1.06. The largest absolute Gasteiger partial charge is 0.335 e. The highest BCUT2D eigenvalue weighted by molar-refractivity contribution is 9.12. The fraction of sp³-hybridized carbons (Fsp3) is 0.538. The third-order valence-electron chi connectivity index (χ3n) is 4.32. The van der Waals surface area contributed by atoms with Gasteiger partial charge in [-0.15, -0.1) is 16.4 Å². The molecule has 4 heterocycles. The molecule has 2 aliphatic heterocycles. The quantitative estimate of drug-likeness (QED) is 0.764. The first kappa shape index (κ1) is 14.2. The average molecular weight is 433 g/mol. The SMILES string of the molecule is Brc1cc(-c2nc(N3CCCC4CNCC43)n[nH]2)c(Br)s1. The summed E-state index contributed by atoms with van der Waals surface area (Å²) in [4.78, 5) is 7.09. The summed E-state index contributed by atoms with van der Waals surface area (Å²) in [5.74, 6) is 2.40. The van der Waals surface area contributed by atoms with Gasteiger partial charge in [-0.2, -0.15) is 4.98 Å². The maximum Gasteiger partial charge on any atom is 0.245 e. The van der Waals surface area contributed by atoms with Crippen LogP contribution in [0.1, 0.15) is 12.8 Å². The van der Waals surface area contributed by atoms with Gasteiger partial charge in [0.15, 0.2) is 5.82 Å². The molecular formula is C13H15Br2N5S. The number of piperidine rings is 1. The summed E-state index contributed by atoms with van der Waals surface area (Å²) in [5, 5.41) is 11.0. The van der Waals surface area contributed by atoms with E-state index in [4.69, 9.17) is 4.98 Å². The summed E-state index contributed by atoms with van der Waals surface area (Å²) in [6, 6.07) is 2.61. The van der Waals surface area contributed by atoms with Crippen molar-refractivity contribution < 1.29 is 0 Å². The highest BCUT2D eigenvalue weighted by Crippen LogP contribution is 2.38. The standard InChI is InChI=1S/C13H15Br2N5S/c14-10-4-8(11(15)21-10)12-17-13(19-18-12)20-3-1-2-7-5-16-6-9(7)20/h4,7,9,16H,1-3,5-6H2,(H,17,18,19). The molecule has 0 spiro atoms. The minimum Gasteiger partial charge on any atom is -0.335 e. The maximum absolute atomic E-state index is 4.73. The number of aromatic nitrogens is 3. The van der Waals surface area contributed by atoms with Crippen molar-refractivity contribution in [1.82, 2.24) is 20.5 Å². The number of hydrogen-bond acceptors (Lipinski definition) is 5. The Balaban J connectivity index is 1.63. The number of fused-ring (bicyclic) bond motifs is 1. The predicted octanol–water partition coefficient (Wildman–Crippen LogP) is 3.25. The molecule has 0 radical (unpaired) electrons. The molecule has 0 aliphatic carbocycles. The minimum atomic E-state index is 0.542. The van der Waals surface area contributed by atoms with Gasteiger partial charge in [-0.05, 0) is 56.7 Å². The zero-order valence-corrected chi connectivity index (χ0v) is 15.3. The van der Waals surface area contributed by atoms with Crippen molar-refractivity contribution in [1.29, 1.82) is 0 Å². The van der Waals surface area contributed by atoms with Crippen LogP contribution in [0.25, 0.3) is 11.4 Å². The van der Waals surface area contributed by atoms with Gasteiger partial charge in [0.2, 0.25) is 5.95 Å². The second-order valence-electron chi connectivity index (χ2n) is 5.54. The van der Waals surface area contributed by atoms with E-state index in [2.05, 4.69) is 58.3 Å². The van der Waals surface area contributed by atoms with Gasteiger partial charge in [-0.25, -0.2) is 0 Å².